The molecule has 14 nitrogen and oxygen atoms in total. The Labute approximate surface area is 316 Å². The van der Waals surface area contributed by atoms with E-state index in [-0.39, 0.29) is 23.4 Å². The van der Waals surface area contributed by atoms with E-state index >= 15 is 0 Å². The van der Waals surface area contributed by atoms with Crippen LogP contribution < -0.4 is 20.1 Å². The van der Waals surface area contributed by atoms with Crippen molar-refractivity contribution in [1.82, 2.24) is 20.6 Å². The molecule has 14 heteroatoms. The monoisotopic (exact) mass is 745 g/mol. The number of hydrogen-bond donors (Lipinski definition) is 4. The summed E-state index contributed by atoms with van der Waals surface area (Å²) in [5.74, 6) is 0.647. The molecule has 4 amide bonds. The Kier molecular flexibility index (Phi) is 13.7. The molecule has 0 spiro atoms. The molecule has 0 atom stereocenters. The maximum absolute atomic E-state index is 13.9. The van der Waals surface area contributed by atoms with Crippen LogP contribution in [0.3, 0.4) is 0 Å². The van der Waals surface area contributed by atoms with Gasteiger partial charge in [-0.15, -0.1) is 0 Å². The summed E-state index contributed by atoms with van der Waals surface area (Å²) in [6.45, 7) is 13.8. The summed E-state index contributed by atoms with van der Waals surface area (Å²) >= 11 is 0. The number of amides is 4. The zero-order valence-electron chi connectivity index (χ0n) is 32.0. The van der Waals surface area contributed by atoms with E-state index in [1.807, 2.05) is 32.9 Å². The van der Waals surface area contributed by atoms with Gasteiger partial charge in [-0.25, -0.2) is 9.59 Å². The maximum Gasteiger partial charge on any atom is 0.407 e. The summed E-state index contributed by atoms with van der Waals surface area (Å²) in [6.07, 6.45) is 1.39. The molecule has 1 aliphatic heterocycles. The molecule has 0 radical (unpaired) electrons. The van der Waals surface area contributed by atoms with E-state index in [9.17, 15) is 24.4 Å². The second-order valence-electron chi connectivity index (χ2n) is 15.1. The van der Waals surface area contributed by atoms with Crippen LogP contribution in [0.4, 0.5) is 9.59 Å². The maximum atomic E-state index is 13.9. The molecule has 0 bridgehead atoms. The normalized spacial score (nSPS) is 13.4. The van der Waals surface area contributed by atoms with Crippen molar-refractivity contribution in [1.29, 1.82) is 5.41 Å². The number of benzene rings is 3. The van der Waals surface area contributed by atoms with Gasteiger partial charge in [0.05, 0.1) is 0 Å². The van der Waals surface area contributed by atoms with Crippen LogP contribution in [0.2, 0.25) is 0 Å². The van der Waals surface area contributed by atoms with Gasteiger partial charge in [0.1, 0.15) is 34.2 Å². The van der Waals surface area contributed by atoms with Gasteiger partial charge in [0.2, 0.25) is 5.91 Å². The van der Waals surface area contributed by atoms with Crippen molar-refractivity contribution in [3.63, 3.8) is 0 Å². The average molecular weight is 746 g/mol. The largest absolute Gasteiger partial charge is 0.457 e. The van der Waals surface area contributed by atoms with E-state index in [0.29, 0.717) is 59.7 Å². The number of hydrogen-bond acceptors (Lipinski definition) is 10. The number of nitrogens with zero attached hydrogens (tertiary/aromatic N) is 2. The summed E-state index contributed by atoms with van der Waals surface area (Å²) in [6, 6.07) is 18.3. The van der Waals surface area contributed by atoms with E-state index < -0.39 is 29.3 Å². The summed E-state index contributed by atoms with van der Waals surface area (Å²) < 4.78 is 22.9. The van der Waals surface area contributed by atoms with E-state index in [1.54, 1.807) is 68.1 Å². The quantitative estimate of drug-likeness (QED) is 0.0665. The molecule has 4 N–H and O–H groups in total. The Balaban J connectivity index is 1.46. The van der Waals surface area contributed by atoms with Crippen molar-refractivity contribution in [3.8, 4) is 23.0 Å². The first kappa shape index (κ1) is 41.1. The van der Waals surface area contributed by atoms with E-state index in [1.165, 1.54) is 12.1 Å². The van der Waals surface area contributed by atoms with Crippen molar-refractivity contribution in [3.05, 3.63) is 83.4 Å². The van der Waals surface area contributed by atoms with Crippen molar-refractivity contribution in [2.24, 2.45) is 5.92 Å². The van der Waals surface area contributed by atoms with Crippen LogP contribution in [0.5, 0.6) is 23.0 Å². The van der Waals surface area contributed by atoms with Crippen LogP contribution in [0.1, 0.15) is 89.2 Å². The van der Waals surface area contributed by atoms with Gasteiger partial charge >= 0.3 is 12.2 Å². The highest BCUT2D eigenvalue weighted by atomic mass is 16.6. The Morgan fingerprint density at radius 3 is 1.76 bits per heavy atom. The number of carbonyl (C=O) groups excluding carboxylic acids is 4. The molecular weight excluding hydrogens is 694 g/mol. The lowest BCUT2D eigenvalue weighted by atomic mass is 9.93. The lowest BCUT2D eigenvalue weighted by Crippen LogP contribution is -2.39. The molecule has 0 saturated carbocycles. The van der Waals surface area contributed by atoms with Gasteiger partial charge in [-0.1, -0.05) is 12.1 Å². The van der Waals surface area contributed by atoms with Crippen LogP contribution in [-0.4, -0.2) is 75.8 Å². The molecular formula is C40H51N5O9. The Morgan fingerprint density at radius 1 is 0.759 bits per heavy atom. The van der Waals surface area contributed by atoms with Gasteiger partial charge in [0.15, 0.2) is 5.84 Å². The second-order valence-corrected chi connectivity index (χ2v) is 15.1. The number of rotatable bonds is 11. The SMILES string of the molecule is CC(=O)N(O)C(=N)c1ccc(Oc2cc(Oc3ccc(CNC(=O)OC(C)(C)C)cc3)cc(C(=O)N3CCC(CCNC(=O)OC(C)(C)C)CC3)c2)cc1. The summed E-state index contributed by atoms with van der Waals surface area (Å²) in [5.41, 5.74) is 0.313. The predicted octanol–water partition coefficient (Wildman–Crippen LogP) is 7.63. The molecule has 1 saturated heterocycles. The van der Waals surface area contributed by atoms with Gasteiger partial charge in [-0.05, 0) is 121 Å². The molecule has 1 heterocycles. The molecule has 1 aliphatic rings. The molecule has 3 aromatic carbocycles. The number of ether oxygens (including phenoxy) is 4. The predicted molar refractivity (Wildman–Crippen MR) is 201 cm³/mol. The van der Waals surface area contributed by atoms with Crippen LogP contribution in [0, 0.1) is 11.3 Å². The van der Waals surface area contributed by atoms with Crippen molar-refractivity contribution in [2.75, 3.05) is 19.6 Å². The van der Waals surface area contributed by atoms with Gasteiger partial charge in [0, 0.05) is 50.3 Å². The lowest BCUT2D eigenvalue weighted by molar-refractivity contribution is -0.146. The van der Waals surface area contributed by atoms with Crippen LogP contribution in [0.15, 0.2) is 66.7 Å². The number of nitrogens with one attached hydrogen (secondary N) is 3. The Hall–Kier alpha value is -5.63. The molecule has 4 rings (SSSR count). The molecule has 290 valence electrons. The molecule has 1 fully saturated rings. The molecule has 0 aliphatic carbocycles. The molecule has 0 unspecified atom stereocenters. The minimum Gasteiger partial charge on any atom is -0.457 e. The summed E-state index contributed by atoms with van der Waals surface area (Å²) in [4.78, 5) is 51.2. The number of piperidine rings is 1. The fourth-order valence-corrected chi connectivity index (χ4v) is 5.51. The number of carbonyl (C=O) groups is 4. The smallest absolute Gasteiger partial charge is 0.407 e. The first-order valence-electron chi connectivity index (χ1n) is 17.9. The van der Waals surface area contributed by atoms with Gasteiger partial charge < -0.3 is 34.5 Å². The zero-order valence-corrected chi connectivity index (χ0v) is 32.0. The fraction of sp³-hybridized carbons (Fsp3) is 0.425. The molecule has 3 aromatic rings. The topological polar surface area (TPSA) is 180 Å². The standard InChI is InChI=1S/C40H51N5O9/c1-26(46)45(50)35(41)29-10-14-32(15-11-29)52-34-23-30(36(47)44-20-17-27(18-21-44)16-19-42-37(48)53-39(2,3)4)22-33(24-34)51-31-12-8-28(9-13-31)25-43-38(49)54-40(5,6)7/h8-15,22-24,27,41,50H,16-21,25H2,1-7H3,(H,42,48)(H,43,49). The van der Waals surface area contributed by atoms with Crippen LogP contribution in [-0.2, 0) is 20.8 Å². The number of hydroxylamine groups is 2. The highest BCUT2D eigenvalue weighted by Gasteiger charge is 2.25. The molecule has 54 heavy (non-hydrogen) atoms. The number of likely N-dealkylation sites (tertiary alicyclic amines) is 1. The zero-order chi connectivity index (χ0) is 39.6. The number of amidine groups is 1. The average Bonchev–Trinajstić information content (AvgIpc) is 3.09. The van der Waals surface area contributed by atoms with Crippen molar-refractivity contribution >= 4 is 29.8 Å². The highest BCUT2D eigenvalue weighted by Crippen LogP contribution is 2.32. The fourth-order valence-electron chi connectivity index (χ4n) is 5.51. The van der Waals surface area contributed by atoms with E-state index in [2.05, 4.69) is 10.6 Å². The van der Waals surface area contributed by atoms with Gasteiger partial charge in [0.25, 0.3) is 5.91 Å². The van der Waals surface area contributed by atoms with Gasteiger partial charge in [-0.3, -0.25) is 20.2 Å². The highest BCUT2D eigenvalue weighted by molar-refractivity contribution is 6.04. The van der Waals surface area contributed by atoms with E-state index in [0.717, 1.165) is 31.7 Å². The first-order chi connectivity index (χ1) is 25.3. The minimum absolute atomic E-state index is 0.185. The van der Waals surface area contributed by atoms with Crippen molar-refractivity contribution in [2.45, 2.75) is 85.5 Å². The lowest BCUT2D eigenvalue weighted by Gasteiger charge is -2.32. The third-order valence-electron chi connectivity index (χ3n) is 8.12. The van der Waals surface area contributed by atoms with Crippen LogP contribution in [0.25, 0.3) is 0 Å². The van der Waals surface area contributed by atoms with Crippen molar-refractivity contribution < 1.29 is 43.3 Å². The third kappa shape index (κ3) is 13.1. The third-order valence-corrected chi connectivity index (χ3v) is 8.12. The Bertz CT molecular complexity index is 1790. The van der Waals surface area contributed by atoms with Crippen LogP contribution >= 0.6 is 0 Å². The minimum atomic E-state index is -0.694. The van der Waals surface area contributed by atoms with Gasteiger partial charge in [-0.2, -0.15) is 5.06 Å². The first-order valence-corrected chi connectivity index (χ1v) is 17.9. The van der Waals surface area contributed by atoms with E-state index in [4.69, 9.17) is 24.4 Å². The summed E-state index contributed by atoms with van der Waals surface area (Å²) in [5, 5.41) is 23.7. The second kappa shape index (κ2) is 17.9. The number of alkyl carbamates (subject to hydrolysis) is 2. The molecule has 0 aromatic heterocycles. The summed E-state index contributed by atoms with van der Waals surface area (Å²) in [7, 11) is 0. The Morgan fingerprint density at radius 2 is 1.26 bits per heavy atom.